The monoisotopic (exact) mass is 446 g/mol. The van der Waals surface area contributed by atoms with E-state index in [1.807, 2.05) is 19.2 Å². The summed E-state index contributed by atoms with van der Waals surface area (Å²) in [6.07, 6.45) is -1.14. The molecule has 0 aliphatic heterocycles. The van der Waals surface area contributed by atoms with Crippen LogP contribution in [-0.4, -0.2) is 76.5 Å². The lowest BCUT2D eigenvalue weighted by Crippen LogP contribution is -2.58. The quantitative estimate of drug-likeness (QED) is 0.128. The number of amides is 5. The van der Waals surface area contributed by atoms with Crippen LogP contribution >= 0.6 is 0 Å². The lowest BCUT2D eigenvalue weighted by molar-refractivity contribution is -0.144. The van der Waals surface area contributed by atoms with Crippen LogP contribution in [0.25, 0.3) is 0 Å². The zero-order valence-corrected chi connectivity index (χ0v) is 17.3. The third-order valence-corrected chi connectivity index (χ3v) is 3.94. The number of aliphatic hydroxyl groups is 1. The minimum absolute atomic E-state index is 0.0911. The van der Waals surface area contributed by atoms with Gasteiger partial charge < -0.3 is 43.4 Å². The number of rotatable bonds is 14. The van der Waals surface area contributed by atoms with E-state index in [-0.39, 0.29) is 5.92 Å². The highest BCUT2D eigenvalue weighted by molar-refractivity contribution is 5.96. The molecule has 0 bridgehead atoms. The van der Waals surface area contributed by atoms with Crippen LogP contribution in [-0.2, 0) is 28.8 Å². The van der Waals surface area contributed by atoms with E-state index in [1.165, 1.54) is 0 Å². The summed E-state index contributed by atoms with van der Waals surface area (Å²) in [5.41, 5.74) is 15.7. The molecule has 0 radical (unpaired) electrons. The topological polar surface area (TPSA) is 257 Å². The van der Waals surface area contributed by atoms with Crippen LogP contribution in [0, 0.1) is 5.92 Å². The molecule has 31 heavy (non-hydrogen) atoms. The predicted octanol–water partition coefficient (Wildman–Crippen LogP) is -4.36. The fraction of sp³-hybridized carbons (Fsp3) is 0.647. The van der Waals surface area contributed by atoms with Gasteiger partial charge in [0.25, 0.3) is 0 Å². The highest BCUT2D eigenvalue weighted by atomic mass is 16.4. The Hall–Kier alpha value is -3.26. The van der Waals surface area contributed by atoms with Crippen LogP contribution in [0.1, 0.15) is 33.1 Å². The summed E-state index contributed by atoms with van der Waals surface area (Å²) in [6, 6.07) is -5.80. The van der Waals surface area contributed by atoms with Gasteiger partial charge in [0.15, 0.2) is 0 Å². The number of carbonyl (C=O) groups is 6. The minimum Gasteiger partial charge on any atom is -0.480 e. The maximum Gasteiger partial charge on any atom is 0.326 e. The Labute approximate surface area is 178 Å². The predicted molar refractivity (Wildman–Crippen MR) is 106 cm³/mol. The van der Waals surface area contributed by atoms with Crippen molar-refractivity contribution in [3.63, 3.8) is 0 Å². The minimum atomic E-state index is -1.71. The molecule has 0 aliphatic carbocycles. The maximum absolute atomic E-state index is 12.4. The first kappa shape index (κ1) is 27.7. The van der Waals surface area contributed by atoms with Crippen molar-refractivity contribution < 1.29 is 39.0 Å². The van der Waals surface area contributed by atoms with Crippen LogP contribution in [0.3, 0.4) is 0 Å². The summed E-state index contributed by atoms with van der Waals surface area (Å²) in [6.45, 7) is 2.81. The van der Waals surface area contributed by atoms with E-state index in [1.54, 1.807) is 0 Å². The van der Waals surface area contributed by atoms with E-state index in [4.69, 9.17) is 22.3 Å². The van der Waals surface area contributed by atoms with Crippen molar-refractivity contribution in [1.82, 2.24) is 16.0 Å². The first-order valence-corrected chi connectivity index (χ1v) is 9.35. The summed E-state index contributed by atoms with van der Waals surface area (Å²) in [5, 5.41) is 24.8. The molecule has 4 unspecified atom stereocenters. The van der Waals surface area contributed by atoms with Crippen molar-refractivity contribution in [3.05, 3.63) is 0 Å². The number of nitrogens with two attached hydrogens (primary N) is 3. The summed E-state index contributed by atoms with van der Waals surface area (Å²) >= 11 is 0. The van der Waals surface area contributed by atoms with Crippen LogP contribution in [0.15, 0.2) is 0 Å². The van der Waals surface area contributed by atoms with Gasteiger partial charge in [-0.05, 0) is 12.3 Å². The second kappa shape index (κ2) is 13.1. The summed E-state index contributed by atoms with van der Waals surface area (Å²) < 4.78 is 0. The molecule has 0 aromatic carbocycles. The van der Waals surface area contributed by atoms with Crippen molar-refractivity contribution in [2.75, 3.05) is 6.61 Å². The van der Waals surface area contributed by atoms with Gasteiger partial charge in [-0.2, -0.15) is 0 Å². The zero-order valence-electron chi connectivity index (χ0n) is 17.3. The molecule has 0 saturated carbocycles. The largest absolute Gasteiger partial charge is 0.480 e. The first-order chi connectivity index (χ1) is 14.3. The molecule has 14 heteroatoms. The molecular formula is C17H30N6O8. The molecule has 0 fully saturated rings. The molecular weight excluding hydrogens is 416 g/mol. The number of carboxylic acid groups (broad SMARTS) is 1. The Morgan fingerprint density at radius 3 is 1.61 bits per heavy atom. The van der Waals surface area contributed by atoms with Gasteiger partial charge in [-0.25, -0.2) is 4.79 Å². The van der Waals surface area contributed by atoms with Crippen molar-refractivity contribution in [2.24, 2.45) is 23.1 Å². The second-order valence-corrected chi connectivity index (χ2v) is 7.28. The molecule has 0 aromatic heterocycles. The third-order valence-electron chi connectivity index (χ3n) is 3.94. The Bertz CT molecular complexity index is 698. The zero-order chi connectivity index (χ0) is 24.3. The summed E-state index contributed by atoms with van der Waals surface area (Å²) in [4.78, 5) is 70.2. The smallest absolute Gasteiger partial charge is 0.326 e. The maximum atomic E-state index is 12.4. The van der Waals surface area contributed by atoms with E-state index in [9.17, 15) is 33.9 Å². The van der Waals surface area contributed by atoms with Gasteiger partial charge >= 0.3 is 5.97 Å². The fourth-order valence-electron chi connectivity index (χ4n) is 2.44. The standard InChI is InChI=1S/C17H30N6O8/c1-7(2)3-8(18)14(27)23-11(6-24)16(29)21-9(4-12(19)25)15(28)22-10(17(30)31)5-13(20)26/h7-11,24H,3-6,18H2,1-2H3,(H2,19,25)(H2,20,26)(H,21,29)(H,22,28)(H,23,27)(H,30,31). The number of aliphatic carboxylic acids is 1. The highest BCUT2D eigenvalue weighted by Crippen LogP contribution is 2.03. The number of carboxylic acids is 1. The molecule has 11 N–H and O–H groups in total. The number of hydrogen-bond donors (Lipinski definition) is 8. The lowest BCUT2D eigenvalue weighted by Gasteiger charge is -2.24. The van der Waals surface area contributed by atoms with Gasteiger partial charge in [0.2, 0.25) is 29.5 Å². The second-order valence-electron chi connectivity index (χ2n) is 7.28. The Balaban J connectivity index is 5.30. The van der Waals surface area contributed by atoms with E-state index in [0.29, 0.717) is 6.42 Å². The van der Waals surface area contributed by atoms with Gasteiger partial charge in [0.1, 0.15) is 18.1 Å². The number of hydrogen-bond acceptors (Lipinski definition) is 8. The molecule has 0 aromatic rings. The van der Waals surface area contributed by atoms with Crippen molar-refractivity contribution >= 4 is 35.5 Å². The van der Waals surface area contributed by atoms with Crippen molar-refractivity contribution in [1.29, 1.82) is 0 Å². The molecule has 0 aliphatic rings. The molecule has 176 valence electrons. The number of primary amides is 2. The Morgan fingerprint density at radius 1 is 0.774 bits per heavy atom. The molecule has 4 atom stereocenters. The van der Waals surface area contributed by atoms with Gasteiger partial charge in [-0.3, -0.25) is 24.0 Å². The number of aliphatic hydroxyl groups excluding tert-OH is 1. The van der Waals surface area contributed by atoms with Gasteiger partial charge in [0, 0.05) is 0 Å². The summed E-state index contributed by atoms with van der Waals surface area (Å²) in [5.74, 6) is -6.40. The van der Waals surface area contributed by atoms with E-state index >= 15 is 0 Å². The molecule has 0 spiro atoms. The van der Waals surface area contributed by atoms with E-state index in [0.717, 1.165) is 0 Å². The van der Waals surface area contributed by atoms with Crippen LogP contribution in [0.2, 0.25) is 0 Å². The Kier molecular flexibility index (Phi) is 11.7. The molecule has 5 amide bonds. The normalized spacial score (nSPS) is 14.6. The molecule has 0 saturated heterocycles. The Morgan fingerprint density at radius 2 is 1.19 bits per heavy atom. The first-order valence-electron chi connectivity index (χ1n) is 9.35. The highest BCUT2D eigenvalue weighted by Gasteiger charge is 2.31. The van der Waals surface area contributed by atoms with Crippen LogP contribution < -0.4 is 33.2 Å². The number of nitrogens with one attached hydrogen (secondary N) is 3. The van der Waals surface area contributed by atoms with Crippen LogP contribution in [0.4, 0.5) is 0 Å². The SMILES string of the molecule is CC(C)CC(N)C(=O)NC(CO)C(=O)NC(CC(N)=O)C(=O)NC(CC(N)=O)C(=O)O. The number of carbonyl (C=O) groups excluding carboxylic acids is 5. The van der Waals surface area contributed by atoms with Gasteiger partial charge in [-0.15, -0.1) is 0 Å². The van der Waals surface area contributed by atoms with E-state index < -0.39 is 79.1 Å². The van der Waals surface area contributed by atoms with E-state index in [2.05, 4.69) is 10.6 Å². The van der Waals surface area contributed by atoms with Crippen LogP contribution in [0.5, 0.6) is 0 Å². The average molecular weight is 446 g/mol. The molecule has 14 nitrogen and oxygen atoms in total. The third kappa shape index (κ3) is 10.9. The average Bonchev–Trinajstić information content (AvgIpc) is 2.62. The molecule has 0 rings (SSSR count). The van der Waals surface area contributed by atoms with Gasteiger partial charge in [0.05, 0.1) is 25.5 Å². The lowest BCUT2D eigenvalue weighted by atomic mass is 10.0. The molecule has 0 heterocycles. The van der Waals surface area contributed by atoms with Crippen molar-refractivity contribution in [3.8, 4) is 0 Å². The summed E-state index contributed by atoms with van der Waals surface area (Å²) in [7, 11) is 0. The van der Waals surface area contributed by atoms with Gasteiger partial charge in [-0.1, -0.05) is 13.8 Å². The fourth-order valence-corrected chi connectivity index (χ4v) is 2.44. The van der Waals surface area contributed by atoms with Crippen molar-refractivity contribution in [2.45, 2.75) is 57.3 Å².